The van der Waals surface area contributed by atoms with Crippen molar-refractivity contribution in [2.75, 3.05) is 5.73 Å². The number of anilines is 1. The molecule has 1 heterocycles. The van der Waals surface area contributed by atoms with Crippen molar-refractivity contribution >= 4 is 32.7 Å². The molecule has 1 aromatic heterocycles. The molecule has 0 bridgehead atoms. The molecule has 2 N–H and O–H groups in total. The number of hydrogen-bond acceptors (Lipinski definition) is 3. The molecule has 0 radical (unpaired) electrons. The second kappa shape index (κ2) is 5.31. The van der Waals surface area contributed by atoms with Crippen LogP contribution in [0.25, 0.3) is 11.1 Å². The highest BCUT2D eigenvalue weighted by molar-refractivity contribution is 9.10. The van der Waals surface area contributed by atoms with Crippen LogP contribution in [0.2, 0.25) is 0 Å². The third kappa shape index (κ3) is 2.96. The number of oxazole rings is 1. The maximum atomic E-state index is 6.02. The topological polar surface area (TPSA) is 52.0 Å². The Labute approximate surface area is 134 Å². The van der Waals surface area contributed by atoms with Gasteiger partial charge in [0.05, 0.1) is 5.69 Å². The number of benzene rings is 1. The van der Waals surface area contributed by atoms with E-state index in [9.17, 15) is 0 Å². The van der Waals surface area contributed by atoms with Crippen LogP contribution in [0.4, 0.5) is 5.69 Å². The summed E-state index contributed by atoms with van der Waals surface area (Å²) in [4.78, 5) is 4.67. The van der Waals surface area contributed by atoms with E-state index in [1.54, 1.807) is 0 Å². The van der Waals surface area contributed by atoms with E-state index in [0.717, 1.165) is 40.2 Å². The third-order valence-electron chi connectivity index (χ3n) is 4.80. The summed E-state index contributed by atoms with van der Waals surface area (Å²) in [6, 6.07) is 3.84. The SMILES string of the molecule is CC(C)(C)C1CCC(c2nc3cc(Br)cc(N)c3o2)CC1. The van der Waals surface area contributed by atoms with Crippen LogP contribution < -0.4 is 5.73 Å². The lowest BCUT2D eigenvalue weighted by Crippen LogP contribution is -2.25. The number of nitrogens with two attached hydrogens (primary N) is 1. The van der Waals surface area contributed by atoms with Gasteiger partial charge in [0, 0.05) is 10.4 Å². The van der Waals surface area contributed by atoms with Gasteiger partial charge in [-0.05, 0) is 49.1 Å². The van der Waals surface area contributed by atoms with E-state index in [1.807, 2.05) is 12.1 Å². The lowest BCUT2D eigenvalue weighted by atomic mass is 9.70. The normalized spacial score (nSPS) is 23.6. The van der Waals surface area contributed by atoms with Crippen LogP contribution in [-0.2, 0) is 0 Å². The smallest absolute Gasteiger partial charge is 0.198 e. The van der Waals surface area contributed by atoms with Gasteiger partial charge in [-0.3, -0.25) is 0 Å². The Kier molecular flexibility index (Phi) is 3.76. The van der Waals surface area contributed by atoms with Crippen LogP contribution in [-0.4, -0.2) is 4.98 Å². The molecule has 1 saturated carbocycles. The minimum absolute atomic E-state index is 0.404. The summed E-state index contributed by atoms with van der Waals surface area (Å²) in [5.41, 5.74) is 8.66. The summed E-state index contributed by atoms with van der Waals surface area (Å²) in [6.45, 7) is 7.03. The molecule has 2 aromatic rings. The number of fused-ring (bicyclic) bond motifs is 1. The summed E-state index contributed by atoms with van der Waals surface area (Å²) < 4.78 is 6.91. The van der Waals surface area contributed by atoms with Gasteiger partial charge in [0.2, 0.25) is 0 Å². The number of nitrogens with zero attached hydrogens (tertiary/aromatic N) is 1. The van der Waals surface area contributed by atoms with E-state index in [1.165, 1.54) is 12.8 Å². The second-order valence-corrected chi connectivity index (χ2v) is 8.23. The summed E-state index contributed by atoms with van der Waals surface area (Å²) in [5.74, 6) is 2.11. The van der Waals surface area contributed by atoms with Gasteiger partial charge in [-0.25, -0.2) is 4.98 Å². The number of hydrogen-bond donors (Lipinski definition) is 1. The van der Waals surface area contributed by atoms with Gasteiger partial charge < -0.3 is 10.2 Å². The number of rotatable bonds is 1. The molecule has 0 spiro atoms. The summed E-state index contributed by atoms with van der Waals surface area (Å²) in [7, 11) is 0. The largest absolute Gasteiger partial charge is 0.438 e. The molecule has 21 heavy (non-hydrogen) atoms. The minimum atomic E-state index is 0.404. The van der Waals surface area contributed by atoms with Gasteiger partial charge >= 0.3 is 0 Å². The number of halogens is 1. The summed E-state index contributed by atoms with van der Waals surface area (Å²) in [5, 5.41) is 0. The van der Waals surface area contributed by atoms with Gasteiger partial charge in [0.1, 0.15) is 5.52 Å². The second-order valence-electron chi connectivity index (χ2n) is 7.31. The van der Waals surface area contributed by atoms with Crippen LogP contribution >= 0.6 is 15.9 Å². The third-order valence-corrected chi connectivity index (χ3v) is 5.26. The zero-order chi connectivity index (χ0) is 15.2. The summed E-state index contributed by atoms with van der Waals surface area (Å²) in [6.07, 6.45) is 4.84. The van der Waals surface area contributed by atoms with E-state index in [4.69, 9.17) is 10.2 Å². The van der Waals surface area contributed by atoms with Gasteiger partial charge in [-0.1, -0.05) is 36.7 Å². The van der Waals surface area contributed by atoms with Crippen LogP contribution in [0.1, 0.15) is 58.3 Å². The average molecular weight is 351 g/mol. The molecule has 114 valence electrons. The Bertz CT molecular complexity index is 649. The monoisotopic (exact) mass is 350 g/mol. The van der Waals surface area contributed by atoms with Crippen LogP contribution in [0.5, 0.6) is 0 Å². The predicted molar refractivity (Wildman–Crippen MR) is 90.3 cm³/mol. The fourth-order valence-corrected chi connectivity index (χ4v) is 3.88. The Hall–Kier alpha value is -1.03. The molecule has 1 aliphatic carbocycles. The Morgan fingerprint density at radius 3 is 2.48 bits per heavy atom. The molecule has 4 heteroatoms. The zero-order valence-electron chi connectivity index (χ0n) is 12.9. The first-order valence-electron chi connectivity index (χ1n) is 7.70. The number of nitrogen functional groups attached to an aromatic ring is 1. The van der Waals surface area contributed by atoms with E-state index in [-0.39, 0.29) is 0 Å². The molecule has 1 aromatic carbocycles. The maximum absolute atomic E-state index is 6.02. The van der Waals surface area contributed by atoms with Crippen molar-refractivity contribution in [1.29, 1.82) is 0 Å². The molecule has 0 aliphatic heterocycles. The molecule has 1 fully saturated rings. The van der Waals surface area contributed by atoms with Crippen molar-refractivity contribution < 1.29 is 4.42 Å². The van der Waals surface area contributed by atoms with Crippen molar-refractivity contribution in [3.8, 4) is 0 Å². The molecular formula is C17H23BrN2O. The van der Waals surface area contributed by atoms with Gasteiger partial charge in [0.15, 0.2) is 11.5 Å². The fourth-order valence-electron chi connectivity index (χ4n) is 3.42. The fraction of sp³-hybridized carbons (Fsp3) is 0.588. The molecule has 1 aliphatic rings. The predicted octanol–water partition coefficient (Wildman–Crippen LogP) is 5.49. The Morgan fingerprint density at radius 1 is 1.19 bits per heavy atom. The Balaban J connectivity index is 1.81. The van der Waals surface area contributed by atoms with Crippen molar-refractivity contribution in [2.45, 2.75) is 52.4 Å². The van der Waals surface area contributed by atoms with Crippen LogP contribution in [0.15, 0.2) is 21.0 Å². The van der Waals surface area contributed by atoms with Gasteiger partial charge in [-0.2, -0.15) is 0 Å². The first kappa shape index (κ1) is 14.9. The zero-order valence-corrected chi connectivity index (χ0v) is 14.5. The molecule has 0 amide bonds. The van der Waals surface area contributed by atoms with E-state index in [2.05, 4.69) is 41.7 Å². The lowest BCUT2D eigenvalue weighted by molar-refractivity contribution is 0.162. The summed E-state index contributed by atoms with van der Waals surface area (Å²) >= 11 is 3.46. The molecule has 0 unspecified atom stereocenters. The molecule has 0 atom stereocenters. The molecule has 0 saturated heterocycles. The van der Waals surface area contributed by atoms with Crippen molar-refractivity contribution in [2.24, 2.45) is 11.3 Å². The first-order chi connectivity index (χ1) is 9.84. The van der Waals surface area contributed by atoms with Gasteiger partial charge in [0.25, 0.3) is 0 Å². The standard InChI is InChI=1S/C17H23BrN2O/c1-17(2,3)11-6-4-10(5-7-11)16-20-14-9-12(18)8-13(19)15(14)21-16/h8-11H,4-7,19H2,1-3H3. The van der Waals surface area contributed by atoms with Crippen LogP contribution in [0, 0.1) is 11.3 Å². The minimum Gasteiger partial charge on any atom is -0.438 e. The highest BCUT2D eigenvalue weighted by Gasteiger charge is 2.32. The van der Waals surface area contributed by atoms with E-state index >= 15 is 0 Å². The Morgan fingerprint density at radius 2 is 1.86 bits per heavy atom. The van der Waals surface area contributed by atoms with Gasteiger partial charge in [-0.15, -0.1) is 0 Å². The molecule has 3 nitrogen and oxygen atoms in total. The van der Waals surface area contributed by atoms with Crippen molar-refractivity contribution in [1.82, 2.24) is 4.98 Å². The average Bonchev–Trinajstić information content (AvgIpc) is 2.82. The molecule has 3 rings (SSSR count). The molecular weight excluding hydrogens is 328 g/mol. The highest BCUT2D eigenvalue weighted by Crippen LogP contribution is 2.43. The van der Waals surface area contributed by atoms with E-state index < -0.39 is 0 Å². The van der Waals surface area contributed by atoms with Crippen molar-refractivity contribution in [3.05, 3.63) is 22.5 Å². The quantitative estimate of drug-likeness (QED) is 0.691. The highest BCUT2D eigenvalue weighted by atomic mass is 79.9. The van der Waals surface area contributed by atoms with Crippen molar-refractivity contribution in [3.63, 3.8) is 0 Å². The van der Waals surface area contributed by atoms with E-state index in [0.29, 0.717) is 17.0 Å². The maximum Gasteiger partial charge on any atom is 0.198 e. The lowest BCUT2D eigenvalue weighted by Gasteiger charge is -2.36. The number of aromatic nitrogens is 1. The van der Waals surface area contributed by atoms with Crippen LogP contribution in [0.3, 0.4) is 0 Å². The first-order valence-corrected chi connectivity index (χ1v) is 8.49.